The van der Waals surface area contributed by atoms with Gasteiger partial charge in [0.1, 0.15) is 0 Å². The molecule has 1 N–H and O–H groups in total. The summed E-state index contributed by atoms with van der Waals surface area (Å²) in [4.78, 5) is 0. The van der Waals surface area contributed by atoms with Gasteiger partial charge in [-0.15, -0.1) is 0 Å². The van der Waals surface area contributed by atoms with Crippen molar-refractivity contribution in [2.75, 3.05) is 6.54 Å². The fourth-order valence-electron chi connectivity index (χ4n) is 2.22. The van der Waals surface area contributed by atoms with Crippen molar-refractivity contribution in [1.29, 1.82) is 0 Å². The van der Waals surface area contributed by atoms with Gasteiger partial charge in [-0.05, 0) is 37.4 Å². The molecule has 3 nitrogen and oxygen atoms in total. The number of nitrogens with one attached hydrogen (secondary N) is 1. The molecule has 0 unspecified atom stereocenters. The Hall–Kier alpha value is -0.960. The lowest BCUT2D eigenvalue weighted by Gasteiger charge is -2.21. The normalized spacial score (nSPS) is 17.9. The van der Waals surface area contributed by atoms with E-state index in [2.05, 4.69) is 15.5 Å². The average molecular weight is 205 g/mol. The molecular formula is C12H19N3. The molecule has 0 spiro atoms. The van der Waals surface area contributed by atoms with Gasteiger partial charge in [0.05, 0.1) is 5.69 Å². The third-order valence-electron chi connectivity index (χ3n) is 3.09. The van der Waals surface area contributed by atoms with E-state index in [1.54, 1.807) is 6.20 Å². The molecule has 1 aromatic rings. The first kappa shape index (κ1) is 10.6. The zero-order valence-electron chi connectivity index (χ0n) is 9.15. The topological polar surface area (TPSA) is 37.8 Å². The molecule has 1 aliphatic carbocycles. The molecule has 1 saturated carbocycles. The SMILES string of the molecule is c1cnnc(CNCC2CCCCC2)c1. The molecule has 0 bridgehead atoms. The molecule has 1 fully saturated rings. The molecule has 1 heterocycles. The van der Waals surface area contributed by atoms with E-state index in [4.69, 9.17) is 0 Å². The lowest BCUT2D eigenvalue weighted by molar-refractivity contribution is 0.341. The molecule has 0 saturated heterocycles. The predicted molar refractivity (Wildman–Crippen MR) is 60.3 cm³/mol. The van der Waals surface area contributed by atoms with Crippen LogP contribution in [0.15, 0.2) is 18.3 Å². The maximum Gasteiger partial charge on any atom is 0.0768 e. The fourth-order valence-corrected chi connectivity index (χ4v) is 2.22. The van der Waals surface area contributed by atoms with E-state index in [1.807, 2.05) is 12.1 Å². The summed E-state index contributed by atoms with van der Waals surface area (Å²) in [5.74, 6) is 0.885. The van der Waals surface area contributed by atoms with Crippen LogP contribution in [0.2, 0.25) is 0 Å². The lowest BCUT2D eigenvalue weighted by atomic mass is 9.89. The van der Waals surface area contributed by atoms with Crippen LogP contribution in [0.4, 0.5) is 0 Å². The number of hydrogen-bond acceptors (Lipinski definition) is 3. The Morgan fingerprint density at radius 2 is 2.13 bits per heavy atom. The first-order chi connectivity index (χ1) is 7.45. The van der Waals surface area contributed by atoms with Gasteiger partial charge >= 0.3 is 0 Å². The summed E-state index contributed by atoms with van der Waals surface area (Å²) in [5.41, 5.74) is 1.04. The maximum atomic E-state index is 4.05. The number of hydrogen-bond donors (Lipinski definition) is 1. The van der Waals surface area contributed by atoms with Gasteiger partial charge in [-0.3, -0.25) is 0 Å². The van der Waals surface area contributed by atoms with Crippen molar-refractivity contribution >= 4 is 0 Å². The number of nitrogens with zero attached hydrogens (tertiary/aromatic N) is 2. The Kier molecular flexibility index (Phi) is 4.09. The van der Waals surface area contributed by atoms with E-state index in [0.717, 1.165) is 24.7 Å². The molecular weight excluding hydrogens is 186 g/mol. The highest BCUT2D eigenvalue weighted by Gasteiger charge is 2.12. The maximum absolute atomic E-state index is 4.05. The summed E-state index contributed by atoms with van der Waals surface area (Å²) in [7, 11) is 0. The second kappa shape index (κ2) is 5.81. The molecule has 0 amide bonds. The van der Waals surface area contributed by atoms with Crippen molar-refractivity contribution in [1.82, 2.24) is 15.5 Å². The zero-order valence-corrected chi connectivity index (χ0v) is 9.15. The van der Waals surface area contributed by atoms with E-state index in [-0.39, 0.29) is 0 Å². The van der Waals surface area contributed by atoms with Crippen LogP contribution in [-0.4, -0.2) is 16.7 Å². The van der Waals surface area contributed by atoms with Crippen LogP contribution in [0.3, 0.4) is 0 Å². The monoisotopic (exact) mass is 205 g/mol. The van der Waals surface area contributed by atoms with Crippen LogP contribution in [0, 0.1) is 5.92 Å². The summed E-state index contributed by atoms with van der Waals surface area (Å²) in [6, 6.07) is 3.95. The van der Waals surface area contributed by atoms with Gasteiger partial charge in [0, 0.05) is 12.7 Å². The van der Waals surface area contributed by atoms with E-state index >= 15 is 0 Å². The molecule has 0 atom stereocenters. The molecule has 82 valence electrons. The predicted octanol–water partition coefficient (Wildman–Crippen LogP) is 2.15. The Labute approximate surface area is 91.3 Å². The minimum Gasteiger partial charge on any atom is -0.311 e. The minimum atomic E-state index is 0.852. The van der Waals surface area contributed by atoms with Gasteiger partial charge in [-0.1, -0.05) is 19.3 Å². The summed E-state index contributed by atoms with van der Waals surface area (Å²) >= 11 is 0. The van der Waals surface area contributed by atoms with E-state index in [0.29, 0.717) is 0 Å². The van der Waals surface area contributed by atoms with Crippen LogP contribution in [0.1, 0.15) is 37.8 Å². The summed E-state index contributed by atoms with van der Waals surface area (Å²) in [6.45, 7) is 1.99. The molecule has 0 aliphatic heterocycles. The molecule has 2 rings (SSSR count). The Bertz CT molecular complexity index is 267. The average Bonchev–Trinajstić information content (AvgIpc) is 2.32. The lowest BCUT2D eigenvalue weighted by Crippen LogP contribution is -2.24. The largest absolute Gasteiger partial charge is 0.311 e. The van der Waals surface area contributed by atoms with Crippen molar-refractivity contribution in [3.05, 3.63) is 24.0 Å². The Balaban J connectivity index is 1.66. The van der Waals surface area contributed by atoms with E-state index < -0.39 is 0 Å². The van der Waals surface area contributed by atoms with Crippen LogP contribution in [-0.2, 0) is 6.54 Å². The Morgan fingerprint density at radius 1 is 1.27 bits per heavy atom. The zero-order chi connectivity index (χ0) is 10.3. The van der Waals surface area contributed by atoms with Gasteiger partial charge in [0.2, 0.25) is 0 Å². The molecule has 15 heavy (non-hydrogen) atoms. The quantitative estimate of drug-likeness (QED) is 0.818. The van der Waals surface area contributed by atoms with Crippen LogP contribution < -0.4 is 5.32 Å². The van der Waals surface area contributed by atoms with Crippen LogP contribution in [0.25, 0.3) is 0 Å². The first-order valence-corrected chi connectivity index (χ1v) is 5.92. The van der Waals surface area contributed by atoms with E-state index in [9.17, 15) is 0 Å². The van der Waals surface area contributed by atoms with Crippen molar-refractivity contribution in [2.45, 2.75) is 38.6 Å². The van der Waals surface area contributed by atoms with Crippen molar-refractivity contribution in [3.63, 3.8) is 0 Å². The highest BCUT2D eigenvalue weighted by molar-refractivity contribution is 4.98. The smallest absolute Gasteiger partial charge is 0.0768 e. The fraction of sp³-hybridized carbons (Fsp3) is 0.667. The Morgan fingerprint density at radius 3 is 2.87 bits per heavy atom. The van der Waals surface area contributed by atoms with Gasteiger partial charge < -0.3 is 5.32 Å². The van der Waals surface area contributed by atoms with Gasteiger partial charge in [-0.2, -0.15) is 10.2 Å². The number of aromatic nitrogens is 2. The highest BCUT2D eigenvalue weighted by atomic mass is 15.1. The molecule has 1 aliphatic rings. The van der Waals surface area contributed by atoms with Crippen molar-refractivity contribution < 1.29 is 0 Å². The minimum absolute atomic E-state index is 0.852. The summed E-state index contributed by atoms with van der Waals surface area (Å²) in [6.07, 6.45) is 8.77. The van der Waals surface area contributed by atoms with Gasteiger partial charge in [0.15, 0.2) is 0 Å². The molecule has 0 aromatic carbocycles. The summed E-state index contributed by atoms with van der Waals surface area (Å²) in [5, 5.41) is 11.4. The van der Waals surface area contributed by atoms with Gasteiger partial charge in [0.25, 0.3) is 0 Å². The summed E-state index contributed by atoms with van der Waals surface area (Å²) < 4.78 is 0. The van der Waals surface area contributed by atoms with Crippen molar-refractivity contribution in [3.8, 4) is 0 Å². The number of rotatable bonds is 4. The van der Waals surface area contributed by atoms with Crippen LogP contribution >= 0.6 is 0 Å². The second-order valence-electron chi connectivity index (χ2n) is 4.35. The molecule has 3 heteroatoms. The third-order valence-corrected chi connectivity index (χ3v) is 3.09. The van der Waals surface area contributed by atoms with Crippen molar-refractivity contribution in [2.24, 2.45) is 5.92 Å². The van der Waals surface area contributed by atoms with Gasteiger partial charge in [-0.25, -0.2) is 0 Å². The highest BCUT2D eigenvalue weighted by Crippen LogP contribution is 2.22. The molecule has 0 radical (unpaired) electrons. The third kappa shape index (κ3) is 3.59. The first-order valence-electron chi connectivity index (χ1n) is 5.92. The standard InChI is InChI=1S/C12H19N3/c1-2-5-11(6-3-1)9-13-10-12-7-4-8-14-15-12/h4,7-8,11,13H,1-3,5-6,9-10H2. The van der Waals surface area contributed by atoms with E-state index in [1.165, 1.54) is 32.1 Å². The van der Waals surface area contributed by atoms with Crippen LogP contribution in [0.5, 0.6) is 0 Å². The second-order valence-corrected chi connectivity index (χ2v) is 4.35. The molecule has 1 aromatic heterocycles.